The molecule has 0 unspecified atom stereocenters. The standard InChI is InChI=1S/C20H21FN2O2/c1-13-8-9-18(14(2)12-13)23-11-10-22(15(3)19(23)24)20(25)16-6-4-5-7-17(16)21/h4-9,12,15H,10-11H2,1-3H3/t15-/m0/s1. The lowest BCUT2D eigenvalue weighted by atomic mass is 10.1. The number of anilines is 1. The topological polar surface area (TPSA) is 40.6 Å². The maximum atomic E-state index is 13.9. The number of aryl methyl sites for hydroxylation is 2. The Morgan fingerprint density at radius 1 is 1.12 bits per heavy atom. The van der Waals surface area contributed by atoms with Crippen LogP contribution in [0.1, 0.15) is 28.4 Å². The summed E-state index contributed by atoms with van der Waals surface area (Å²) in [7, 11) is 0. The number of amides is 2. The number of hydrogen-bond acceptors (Lipinski definition) is 2. The summed E-state index contributed by atoms with van der Waals surface area (Å²) < 4.78 is 13.9. The monoisotopic (exact) mass is 340 g/mol. The number of halogens is 1. The van der Waals surface area contributed by atoms with Gasteiger partial charge >= 0.3 is 0 Å². The van der Waals surface area contributed by atoms with Crippen molar-refractivity contribution in [2.45, 2.75) is 26.8 Å². The van der Waals surface area contributed by atoms with E-state index in [2.05, 4.69) is 0 Å². The molecule has 1 fully saturated rings. The number of nitrogens with zero attached hydrogens (tertiary/aromatic N) is 2. The van der Waals surface area contributed by atoms with Gasteiger partial charge in [-0.15, -0.1) is 0 Å². The Kier molecular flexibility index (Phi) is 4.57. The van der Waals surface area contributed by atoms with Gasteiger partial charge in [0.2, 0.25) is 5.91 Å². The van der Waals surface area contributed by atoms with Crippen molar-refractivity contribution in [1.82, 2.24) is 4.90 Å². The highest BCUT2D eigenvalue weighted by Gasteiger charge is 2.36. The maximum absolute atomic E-state index is 13.9. The average Bonchev–Trinajstić information content (AvgIpc) is 2.58. The van der Waals surface area contributed by atoms with E-state index >= 15 is 0 Å². The Bertz CT molecular complexity index is 834. The van der Waals surface area contributed by atoms with Crippen LogP contribution >= 0.6 is 0 Å². The molecular weight excluding hydrogens is 319 g/mol. The van der Waals surface area contributed by atoms with E-state index in [4.69, 9.17) is 0 Å². The van der Waals surface area contributed by atoms with Gasteiger partial charge < -0.3 is 9.80 Å². The van der Waals surface area contributed by atoms with Gasteiger partial charge in [0.25, 0.3) is 5.91 Å². The highest BCUT2D eigenvalue weighted by molar-refractivity contribution is 6.03. The van der Waals surface area contributed by atoms with Crippen LogP contribution < -0.4 is 4.90 Å². The quantitative estimate of drug-likeness (QED) is 0.841. The fraction of sp³-hybridized carbons (Fsp3) is 0.300. The van der Waals surface area contributed by atoms with Crippen molar-refractivity contribution in [1.29, 1.82) is 0 Å². The van der Waals surface area contributed by atoms with Gasteiger partial charge in [0.05, 0.1) is 5.56 Å². The van der Waals surface area contributed by atoms with E-state index in [1.807, 2.05) is 32.0 Å². The van der Waals surface area contributed by atoms with Gasteiger partial charge in [-0.3, -0.25) is 9.59 Å². The predicted octanol–water partition coefficient (Wildman–Crippen LogP) is 3.32. The molecule has 1 aliphatic heterocycles. The van der Waals surface area contributed by atoms with Gasteiger partial charge in [-0.05, 0) is 44.5 Å². The van der Waals surface area contributed by atoms with Gasteiger partial charge in [-0.25, -0.2) is 4.39 Å². The second-order valence-corrected chi connectivity index (χ2v) is 6.43. The van der Waals surface area contributed by atoms with Crippen molar-refractivity contribution in [3.63, 3.8) is 0 Å². The molecule has 0 radical (unpaired) electrons. The Morgan fingerprint density at radius 3 is 2.52 bits per heavy atom. The van der Waals surface area contributed by atoms with Crippen LogP contribution in [0.4, 0.5) is 10.1 Å². The molecule has 25 heavy (non-hydrogen) atoms. The number of benzene rings is 2. The molecule has 2 aromatic carbocycles. The van der Waals surface area contributed by atoms with E-state index in [0.29, 0.717) is 13.1 Å². The highest BCUT2D eigenvalue weighted by atomic mass is 19.1. The number of hydrogen-bond donors (Lipinski definition) is 0. The Labute approximate surface area is 146 Å². The number of piperazine rings is 1. The fourth-order valence-corrected chi connectivity index (χ4v) is 3.28. The lowest BCUT2D eigenvalue weighted by Crippen LogP contribution is -2.58. The molecule has 1 atom stereocenters. The zero-order chi connectivity index (χ0) is 18.1. The first-order valence-corrected chi connectivity index (χ1v) is 8.34. The molecule has 0 spiro atoms. The lowest BCUT2D eigenvalue weighted by molar-refractivity contribution is -0.124. The molecule has 2 aromatic rings. The van der Waals surface area contributed by atoms with Crippen LogP contribution in [0.3, 0.4) is 0 Å². The molecule has 0 saturated carbocycles. The summed E-state index contributed by atoms with van der Waals surface area (Å²) in [5, 5.41) is 0. The summed E-state index contributed by atoms with van der Waals surface area (Å²) in [6, 6.07) is 11.2. The second kappa shape index (κ2) is 6.67. The minimum Gasteiger partial charge on any atom is -0.325 e. The molecule has 0 N–H and O–H groups in total. The summed E-state index contributed by atoms with van der Waals surface area (Å²) in [5.41, 5.74) is 3.02. The lowest BCUT2D eigenvalue weighted by Gasteiger charge is -2.39. The molecule has 1 heterocycles. The van der Waals surface area contributed by atoms with Crippen LogP contribution in [0, 0.1) is 19.7 Å². The van der Waals surface area contributed by atoms with E-state index in [1.54, 1.807) is 24.0 Å². The van der Waals surface area contributed by atoms with Crippen molar-refractivity contribution < 1.29 is 14.0 Å². The van der Waals surface area contributed by atoms with Crippen LogP contribution in [0.15, 0.2) is 42.5 Å². The SMILES string of the molecule is Cc1ccc(N2CCN(C(=O)c3ccccc3F)[C@@H](C)C2=O)c(C)c1. The molecule has 0 bridgehead atoms. The molecule has 2 amide bonds. The molecule has 5 heteroatoms. The van der Waals surface area contributed by atoms with E-state index in [9.17, 15) is 14.0 Å². The minimum atomic E-state index is -0.637. The molecular formula is C20H21FN2O2. The Balaban J connectivity index is 1.84. The van der Waals surface area contributed by atoms with Crippen molar-refractivity contribution >= 4 is 17.5 Å². The highest BCUT2D eigenvalue weighted by Crippen LogP contribution is 2.26. The van der Waals surface area contributed by atoms with Crippen LogP contribution in [0.5, 0.6) is 0 Å². The summed E-state index contributed by atoms with van der Waals surface area (Å²) >= 11 is 0. The number of rotatable bonds is 2. The molecule has 130 valence electrons. The van der Waals surface area contributed by atoms with Gasteiger partial charge in [0.15, 0.2) is 0 Å². The third kappa shape index (κ3) is 3.14. The molecule has 0 aromatic heterocycles. The van der Waals surface area contributed by atoms with E-state index in [1.165, 1.54) is 17.0 Å². The summed E-state index contributed by atoms with van der Waals surface area (Å²) in [6.07, 6.45) is 0. The van der Waals surface area contributed by atoms with Crippen LogP contribution in [-0.2, 0) is 4.79 Å². The smallest absolute Gasteiger partial charge is 0.257 e. The zero-order valence-electron chi connectivity index (χ0n) is 14.6. The zero-order valence-corrected chi connectivity index (χ0v) is 14.6. The van der Waals surface area contributed by atoms with Crippen molar-refractivity contribution in [2.75, 3.05) is 18.0 Å². The average molecular weight is 340 g/mol. The summed E-state index contributed by atoms with van der Waals surface area (Å²) in [4.78, 5) is 28.6. The molecule has 3 rings (SSSR count). The number of carbonyl (C=O) groups excluding carboxylic acids is 2. The molecule has 1 aliphatic rings. The van der Waals surface area contributed by atoms with Crippen LogP contribution in [-0.4, -0.2) is 35.8 Å². The van der Waals surface area contributed by atoms with Crippen LogP contribution in [0.25, 0.3) is 0 Å². The van der Waals surface area contributed by atoms with Crippen molar-refractivity contribution in [2.24, 2.45) is 0 Å². The largest absolute Gasteiger partial charge is 0.325 e. The third-order valence-electron chi connectivity index (χ3n) is 4.66. The number of carbonyl (C=O) groups is 2. The van der Waals surface area contributed by atoms with E-state index in [-0.39, 0.29) is 11.5 Å². The molecule has 0 aliphatic carbocycles. The first-order chi connectivity index (χ1) is 11.9. The van der Waals surface area contributed by atoms with Crippen LogP contribution in [0.2, 0.25) is 0 Å². The summed E-state index contributed by atoms with van der Waals surface area (Å²) in [6.45, 7) is 6.43. The normalized spacial score (nSPS) is 17.8. The minimum absolute atomic E-state index is 0.00196. The maximum Gasteiger partial charge on any atom is 0.257 e. The first kappa shape index (κ1) is 17.1. The Morgan fingerprint density at radius 2 is 1.84 bits per heavy atom. The molecule has 4 nitrogen and oxygen atoms in total. The van der Waals surface area contributed by atoms with E-state index in [0.717, 1.165) is 16.8 Å². The Hall–Kier alpha value is -2.69. The van der Waals surface area contributed by atoms with Gasteiger partial charge in [-0.1, -0.05) is 29.8 Å². The second-order valence-electron chi connectivity index (χ2n) is 6.43. The predicted molar refractivity (Wildman–Crippen MR) is 95.2 cm³/mol. The molecule has 1 saturated heterocycles. The first-order valence-electron chi connectivity index (χ1n) is 8.34. The van der Waals surface area contributed by atoms with Gasteiger partial charge in [-0.2, -0.15) is 0 Å². The van der Waals surface area contributed by atoms with Gasteiger partial charge in [0.1, 0.15) is 11.9 Å². The van der Waals surface area contributed by atoms with Crippen molar-refractivity contribution in [3.8, 4) is 0 Å². The summed E-state index contributed by atoms with van der Waals surface area (Å²) in [5.74, 6) is -1.16. The fourth-order valence-electron chi connectivity index (χ4n) is 3.28. The third-order valence-corrected chi connectivity index (χ3v) is 4.66. The van der Waals surface area contributed by atoms with E-state index < -0.39 is 17.8 Å². The van der Waals surface area contributed by atoms with Crippen molar-refractivity contribution in [3.05, 3.63) is 65.0 Å². The van der Waals surface area contributed by atoms with Gasteiger partial charge in [0, 0.05) is 18.8 Å².